The van der Waals surface area contributed by atoms with Crippen molar-refractivity contribution in [1.82, 2.24) is 0 Å². The molecule has 0 aliphatic heterocycles. The molecule has 0 heterocycles. The molecule has 3 rings (SSSR count). The summed E-state index contributed by atoms with van der Waals surface area (Å²) < 4.78 is 23.4. The second-order valence-electron chi connectivity index (χ2n) is 7.59. The van der Waals surface area contributed by atoms with Gasteiger partial charge in [0, 0.05) is 17.5 Å². The minimum Gasteiger partial charge on any atom is -0.326 e. The number of hydrogen-bond donors (Lipinski definition) is 2. The molecule has 0 aliphatic carbocycles. The molecule has 0 saturated heterocycles. The average Bonchev–Trinajstić information content (AvgIpc) is 2.72. The topological polar surface area (TPSA) is 92.3 Å². The molecule has 3 aromatic carbocycles. The van der Waals surface area contributed by atoms with Gasteiger partial charge >= 0.3 is 0 Å². The molecule has 0 unspecified atom stereocenters. The van der Waals surface area contributed by atoms with E-state index >= 15 is 0 Å². The van der Waals surface area contributed by atoms with Crippen LogP contribution in [0.2, 0.25) is 5.02 Å². The minimum absolute atomic E-state index is 0.0538. The summed E-state index contributed by atoms with van der Waals surface area (Å²) in [6.07, 6.45) is 1.31. The lowest BCUT2D eigenvalue weighted by Gasteiger charge is -2.11. The molecule has 2 N–H and O–H groups in total. The van der Waals surface area contributed by atoms with Crippen molar-refractivity contribution in [1.29, 1.82) is 0 Å². The zero-order chi connectivity index (χ0) is 23.5. The number of aryl methyl sites for hydroxylation is 2. The van der Waals surface area contributed by atoms with E-state index in [9.17, 15) is 18.0 Å². The van der Waals surface area contributed by atoms with Gasteiger partial charge in [-0.2, -0.15) is 0 Å². The first kappa shape index (κ1) is 23.5. The predicted octanol–water partition coefficient (Wildman–Crippen LogP) is 4.79. The lowest BCUT2D eigenvalue weighted by atomic mass is 10.0. The Morgan fingerprint density at radius 1 is 0.906 bits per heavy atom. The fourth-order valence-electron chi connectivity index (χ4n) is 3.06. The van der Waals surface area contributed by atoms with Crippen LogP contribution < -0.4 is 10.6 Å². The molecule has 0 saturated carbocycles. The number of hydrogen-bond acceptors (Lipinski definition) is 4. The van der Waals surface area contributed by atoms with Crippen LogP contribution in [0.5, 0.6) is 0 Å². The van der Waals surface area contributed by atoms with Crippen LogP contribution in [-0.2, 0) is 21.1 Å². The fourth-order valence-corrected chi connectivity index (χ4v) is 3.96. The summed E-state index contributed by atoms with van der Waals surface area (Å²) >= 11 is 6.28. The first-order chi connectivity index (χ1) is 15.0. The predicted molar refractivity (Wildman–Crippen MR) is 127 cm³/mol. The zero-order valence-electron chi connectivity index (χ0n) is 17.9. The molecule has 8 heteroatoms. The molecule has 0 aromatic heterocycles. The summed E-state index contributed by atoms with van der Waals surface area (Å²) in [5.41, 5.74) is 4.24. The van der Waals surface area contributed by atoms with Crippen molar-refractivity contribution in [2.45, 2.75) is 25.2 Å². The van der Waals surface area contributed by atoms with E-state index in [-0.39, 0.29) is 27.8 Å². The number of carbonyl (C=O) groups is 2. The van der Waals surface area contributed by atoms with Crippen molar-refractivity contribution in [3.8, 4) is 0 Å². The van der Waals surface area contributed by atoms with Crippen molar-refractivity contribution in [2.75, 3.05) is 16.9 Å². The summed E-state index contributed by atoms with van der Waals surface area (Å²) in [5.74, 6) is -0.678. The standard InChI is InChI=1S/C24H23ClN2O4S/c1-15-7-8-17(11-16(15)2)12-23(28)26-19-9-10-22(21(25)14-19)27-24(29)18-5-4-6-20(13-18)32(3,30)31/h4-11,13-14H,12H2,1-3H3,(H,26,28)(H,27,29). The molecule has 0 spiro atoms. The number of anilines is 2. The largest absolute Gasteiger partial charge is 0.326 e. The molecule has 0 bridgehead atoms. The Balaban J connectivity index is 1.68. The third-order valence-corrected chi connectivity index (χ3v) is 6.38. The number of halogens is 1. The van der Waals surface area contributed by atoms with Crippen LogP contribution in [0, 0.1) is 13.8 Å². The van der Waals surface area contributed by atoms with Gasteiger partial charge in [0.2, 0.25) is 5.91 Å². The number of amides is 2. The Bertz CT molecular complexity index is 1300. The number of carbonyl (C=O) groups excluding carboxylic acids is 2. The Kier molecular flexibility index (Phi) is 7.01. The molecule has 2 amide bonds. The van der Waals surface area contributed by atoms with Crippen LogP contribution in [0.1, 0.15) is 27.0 Å². The van der Waals surface area contributed by atoms with Gasteiger partial charge in [-0.3, -0.25) is 9.59 Å². The average molecular weight is 471 g/mol. The van der Waals surface area contributed by atoms with Gasteiger partial charge in [-0.25, -0.2) is 8.42 Å². The van der Waals surface area contributed by atoms with Crippen LogP contribution in [0.25, 0.3) is 0 Å². The Morgan fingerprint density at radius 3 is 2.31 bits per heavy atom. The number of rotatable bonds is 6. The summed E-state index contributed by atoms with van der Waals surface area (Å²) in [5, 5.41) is 5.70. The molecule has 6 nitrogen and oxygen atoms in total. The highest BCUT2D eigenvalue weighted by molar-refractivity contribution is 7.90. The van der Waals surface area contributed by atoms with Crippen molar-refractivity contribution in [2.24, 2.45) is 0 Å². The van der Waals surface area contributed by atoms with Crippen molar-refractivity contribution >= 4 is 44.6 Å². The third-order valence-electron chi connectivity index (χ3n) is 4.96. The van der Waals surface area contributed by atoms with Crippen molar-refractivity contribution in [3.63, 3.8) is 0 Å². The van der Waals surface area contributed by atoms with Crippen LogP contribution in [0.3, 0.4) is 0 Å². The monoisotopic (exact) mass is 470 g/mol. The SMILES string of the molecule is Cc1ccc(CC(=O)Nc2ccc(NC(=O)c3cccc(S(C)(=O)=O)c3)c(Cl)c2)cc1C. The van der Waals surface area contributed by atoms with Gasteiger partial charge in [0.15, 0.2) is 9.84 Å². The van der Waals surface area contributed by atoms with Gasteiger partial charge in [-0.15, -0.1) is 0 Å². The number of benzene rings is 3. The lowest BCUT2D eigenvalue weighted by Crippen LogP contribution is -2.15. The molecule has 0 fully saturated rings. The Morgan fingerprint density at radius 2 is 1.66 bits per heavy atom. The fraction of sp³-hybridized carbons (Fsp3) is 0.167. The van der Waals surface area contributed by atoms with Gasteiger partial charge in [-0.05, 0) is 66.9 Å². The number of nitrogens with one attached hydrogen (secondary N) is 2. The van der Waals surface area contributed by atoms with Gasteiger partial charge in [0.1, 0.15) is 0 Å². The summed E-state index contributed by atoms with van der Waals surface area (Å²) in [6.45, 7) is 4.02. The maximum atomic E-state index is 12.5. The summed E-state index contributed by atoms with van der Waals surface area (Å²) in [6, 6.07) is 16.4. The normalized spacial score (nSPS) is 11.1. The molecule has 0 atom stereocenters. The van der Waals surface area contributed by atoms with Gasteiger partial charge in [-0.1, -0.05) is 35.9 Å². The van der Waals surface area contributed by atoms with Gasteiger partial charge in [0.25, 0.3) is 5.91 Å². The van der Waals surface area contributed by atoms with E-state index in [0.29, 0.717) is 11.4 Å². The Labute approximate surface area is 192 Å². The summed E-state index contributed by atoms with van der Waals surface area (Å²) in [7, 11) is -3.43. The first-order valence-electron chi connectivity index (χ1n) is 9.80. The maximum Gasteiger partial charge on any atom is 0.255 e. The second kappa shape index (κ2) is 9.54. The van der Waals surface area contributed by atoms with E-state index in [2.05, 4.69) is 10.6 Å². The molecule has 0 radical (unpaired) electrons. The molecular formula is C24H23ClN2O4S. The molecular weight excluding hydrogens is 448 g/mol. The van der Waals surface area contributed by atoms with Crippen LogP contribution in [0.4, 0.5) is 11.4 Å². The lowest BCUT2D eigenvalue weighted by molar-refractivity contribution is -0.115. The highest BCUT2D eigenvalue weighted by Crippen LogP contribution is 2.26. The van der Waals surface area contributed by atoms with Gasteiger partial charge in [0.05, 0.1) is 22.0 Å². The second-order valence-corrected chi connectivity index (χ2v) is 10.0. The molecule has 3 aromatic rings. The third kappa shape index (κ3) is 5.96. The highest BCUT2D eigenvalue weighted by Gasteiger charge is 2.14. The van der Waals surface area contributed by atoms with Crippen molar-refractivity contribution in [3.05, 3.63) is 87.9 Å². The minimum atomic E-state index is -3.43. The molecule has 32 heavy (non-hydrogen) atoms. The van der Waals surface area contributed by atoms with Crippen LogP contribution >= 0.6 is 11.6 Å². The van der Waals surface area contributed by atoms with E-state index in [1.807, 2.05) is 32.0 Å². The maximum absolute atomic E-state index is 12.5. The number of sulfone groups is 1. The van der Waals surface area contributed by atoms with Crippen LogP contribution in [-0.4, -0.2) is 26.5 Å². The van der Waals surface area contributed by atoms with E-state index in [1.165, 1.54) is 29.8 Å². The van der Waals surface area contributed by atoms with E-state index in [1.54, 1.807) is 18.2 Å². The molecule has 166 valence electrons. The zero-order valence-corrected chi connectivity index (χ0v) is 19.5. The first-order valence-corrected chi connectivity index (χ1v) is 12.1. The van der Waals surface area contributed by atoms with E-state index in [4.69, 9.17) is 11.6 Å². The van der Waals surface area contributed by atoms with E-state index < -0.39 is 15.7 Å². The molecule has 0 aliphatic rings. The van der Waals surface area contributed by atoms with Gasteiger partial charge < -0.3 is 10.6 Å². The quantitative estimate of drug-likeness (QED) is 0.541. The van der Waals surface area contributed by atoms with Crippen molar-refractivity contribution < 1.29 is 18.0 Å². The van der Waals surface area contributed by atoms with E-state index in [0.717, 1.165) is 17.4 Å². The smallest absolute Gasteiger partial charge is 0.255 e. The highest BCUT2D eigenvalue weighted by atomic mass is 35.5. The van der Waals surface area contributed by atoms with Crippen LogP contribution in [0.15, 0.2) is 65.6 Å². The Hall–Kier alpha value is -3.16. The summed E-state index contributed by atoms with van der Waals surface area (Å²) in [4.78, 5) is 25.0.